The van der Waals surface area contributed by atoms with Gasteiger partial charge in [-0.15, -0.1) is 0 Å². The number of hydrogen-bond acceptors (Lipinski definition) is 2. The summed E-state index contributed by atoms with van der Waals surface area (Å²) in [6.07, 6.45) is 6.78. The summed E-state index contributed by atoms with van der Waals surface area (Å²) in [7, 11) is -5.47. The summed E-state index contributed by atoms with van der Waals surface area (Å²) in [5, 5.41) is 0. The van der Waals surface area contributed by atoms with Crippen LogP contribution in [0.1, 0.15) is 30.7 Å². The highest BCUT2D eigenvalue weighted by atomic mass is 32.2. The van der Waals surface area contributed by atoms with Crippen LogP contribution >= 0.6 is 0 Å². The summed E-state index contributed by atoms with van der Waals surface area (Å²) >= 11 is 0. The fourth-order valence-electron chi connectivity index (χ4n) is 3.11. The number of allylic oxidation sites excluding steroid dienone is 2. The quantitative estimate of drug-likeness (QED) is 0.350. The molecule has 26 heavy (non-hydrogen) atoms. The van der Waals surface area contributed by atoms with Crippen LogP contribution in [0.3, 0.4) is 0 Å². The monoisotopic (exact) mass is 386 g/mol. The molecule has 138 valence electrons. The van der Waals surface area contributed by atoms with E-state index >= 15 is 0 Å². The smallest absolute Gasteiger partial charge is 0.282 e. The third-order valence-corrected chi connectivity index (χ3v) is 5.30. The zero-order valence-corrected chi connectivity index (χ0v) is 14.2. The van der Waals surface area contributed by atoms with E-state index in [9.17, 15) is 26.0 Å². The molecule has 0 spiro atoms. The maximum Gasteiger partial charge on any atom is 0.300 e. The van der Waals surface area contributed by atoms with Crippen molar-refractivity contribution in [1.29, 1.82) is 0 Å². The third-order valence-electron chi connectivity index (χ3n) is 4.42. The highest BCUT2D eigenvalue weighted by Gasteiger charge is 2.32. The van der Waals surface area contributed by atoms with Crippen molar-refractivity contribution in [2.45, 2.75) is 30.1 Å². The van der Waals surface area contributed by atoms with Crippen molar-refractivity contribution in [1.82, 2.24) is 0 Å². The summed E-state index contributed by atoms with van der Waals surface area (Å²) in [5.41, 5.74) is -0.244. The van der Waals surface area contributed by atoms with E-state index in [4.69, 9.17) is 4.55 Å². The number of rotatable bonds is 3. The van der Waals surface area contributed by atoms with E-state index in [1.807, 2.05) is 6.08 Å². The van der Waals surface area contributed by atoms with E-state index in [1.165, 1.54) is 12.1 Å². The van der Waals surface area contributed by atoms with Crippen LogP contribution in [0.15, 0.2) is 41.3 Å². The number of hydrogen-bond donors (Lipinski definition) is 1. The molecule has 0 aromatic heterocycles. The molecular weight excluding hydrogens is 372 g/mol. The van der Waals surface area contributed by atoms with E-state index in [0.29, 0.717) is 0 Å². The van der Waals surface area contributed by atoms with Crippen molar-refractivity contribution in [2.24, 2.45) is 0 Å². The van der Waals surface area contributed by atoms with Crippen LogP contribution in [0.5, 0.6) is 0 Å². The van der Waals surface area contributed by atoms with E-state index < -0.39 is 43.8 Å². The van der Waals surface area contributed by atoms with Crippen LogP contribution in [0.4, 0.5) is 17.6 Å². The molecule has 0 saturated heterocycles. The Morgan fingerprint density at radius 2 is 1.46 bits per heavy atom. The van der Waals surface area contributed by atoms with Gasteiger partial charge in [0.15, 0.2) is 28.2 Å². The Labute approximate surface area is 147 Å². The summed E-state index contributed by atoms with van der Waals surface area (Å²) < 4.78 is 87.0. The minimum Gasteiger partial charge on any atom is -0.282 e. The Morgan fingerprint density at radius 3 is 1.92 bits per heavy atom. The normalized spacial score (nSPS) is 17.5. The first-order chi connectivity index (χ1) is 12.2. The lowest BCUT2D eigenvalue weighted by Gasteiger charge is -2.18. The van der Waals surface area contributed by atoms with Crippen LogP contribution < -0.4 is 0 Å². The van der Waals surface area contributed by atoms with Crippen LogP contribution in [-0.4, -0.2) is 13.0 Å². The molecule has 1 N–H and O–H groups in total. The van der Waals surface area contributed by atoms with Crippen LogP contribution in [-0.2, 0) is 10.1 Å². The van der Waals surface area contributed by atoms with Crippen molar-refractivity contribution in [2.75, 3.05) is 0 Å². The van der Waals surface area contributed by atoms with Crippen molar-refractivity contribution in [3.05, 3.63) is 65.2 Å². The molecule has 1 atom stereocenters. The second-order valence-corrected chi connectivity index (χ2v) is 7.40. The molecular formula is C18H14F4O3S. The van der Waals surface area contributed by atoms with Gasteiger partial charge < -0.3 is 0 Å². The first-order valence-corrected chi connectivity index (χ1v) is 9.24. The predicted octanol–water partition coefficient (Wildman–Crippen LogP) is 4.98. The van der Waals surface area contributed by atoms with Crippen LogP contribution in [0.2, 0.25) is 0 Å². The molecule has 3 nitrogen and oxygen atoms in total. The standard InChI is InChI=1S/C18H14F4O3S/c19-14-13(15(20)17(22)18(16(14)21)26(23,24)25)12-8-6-11(7-9-12)10-4-2-1-3-5-10/h1-2,6-10H,3-5H2,(H,23,24,25)/t10-/m0/s1. The fourth-order valence-corrected chi connectivity index (χ4v) is 3.74. The molecule has 0 fully saturated rings. The van der Waals surface area contributed by atoms with Gasteiger partial charge >= 0.3 is 10.1 Å². The summed E-state index contributed by atoms with van der Waals surface area (Å²) in [5.74, 6) is -7.85. The Kier molecular flexibility index (Phi) is 4.90. The van der Waals surface area contributed by atoms with Crippen molar-refractivity contribution in [3.8, 4) is 11.1 Å². The summed E-state index contributed by atoms with van der Waals surface area (Å²) in [4.78, 5) is -2.04. The molecule has 0 heterocycles. The van der Waals surface area contributed by atoms with Gasteiger partial charge in [-0.2, -0.15) is 8.42 Å². The molecule has 3 rings (SSSR count). The minimum absolute atomic E-state index is 0.144. The minimum atomic E-state index is -5.47. The molecule has 0 aliphatic heterocycles. The van der Waals surface area contributed by atoms with Crippen molar-refractivity contribution >= 4 is 10.1 Å². The van der Waals surface area contributed by atoms with Gasteiger partial charge in [0, 0.05) is 0 Å². The average Bonchev–Trinajstić information content (AvgIpc) is 2.61. The van der Waals surface area contributed by atoms with Crippen LogP contribution in [0.25, 0.3) is 11.1 Å². The molecule has 0 unspecified atom stereocenters. The zero-order chi connectivity index (χ0) is 19.1. The Bertz CT molecular complexity index is 953. The molecule has 0 saturated carbocycles. The fraction of sp³-hybridized carbons (Fsp3) is 0.222. The average molecular weight is 386 g/mol. The molecule has 0 radical (unpaired) electrons. The Hall–Kier alpha value is -2.19. The largest absolute Gasteiger partial charge is 0.300 e. The predicted molar refractivity (Wildman–Crippen MR) is 87.3 cm³/mol. The molecule has 2 aromatic carbocycles. The summed E-state index contributed by atoms with van der Waals surface area (Å²) in [6, 6.07) is 5.87. The first-order valence-electron chi connectivity index (χ1n) is 7.80. The second-order valence-electron chi connectivity index (χ2n) is 6.04. The van der Waals surface area contributed by atoms with E-state index in [0.717, 1.165) is 24.8 Å². The lowest BCUT2D eigenvalue weighted by atomic mass is 9.87. The van der Waals surface area contributed by atoms with E-state index in [-0.39, 0.29) is 11.5 Å². The summed E-state index contributed by atoms with van der Waals surface area (Å²) in [6.45, 7) is 0. The molecule has 2 aromatic rings. The van der Waals surface area contributed by atoms with E-state index in [1.54, 1.807) is 12.1 Å². The third kappa shape index (κ3) is 3.26. The van der Waals surface area contributed by atoms with Gasteiger partial charge in [-0.05, 0) is 36.3 Å². The Morgan fingerprint density at radius 1 is 0.885 bits per heavy atom. The van der Waals surface area contributed by atoms with Gasteiger partial charge in [0.1, 0.15) is 0 Å². The zero-order valence-electron chi connectivity index (χ0n) is 13.3. The Balaban J connectivity index is 2.09. The molecule has 1 aliphatic rings. The topological polar surface area (TPSA) is 54.4 Å². The molecule has 0 bridgehead atoms. The van der Waals surface area contributed by atoms with Crippen molar-refractivity contribution < 1.29 is 30.5 Å². The van der Waals surface area contributed by atoms with Gasteiger partial charge in [-0.3, -0.25) is 4.55 Å². The molecule has 0 amide bonds. The van der Waals surface area contributed by atoms with Gasteiger partial charge in [0.25, 0.3) is 0 Å². The first kappa shape index (κ1) is 18.6. The number of benzene rings is 2. The maximum atomic E-state index is 14.2. The maximum absolute atomic E-state index is 14.2. The van der Waals surface area contributed by atoms with E-state index in [2.05, 4.69) is 6.08 Å². The SMILES string of the molecule is O=S(=O)(O)c1c(F)c(F)c(-c2ccc([C@H]3CC=CCC3)cc2)c(F)c1F. The van der Waals surface area contributed by atoms with Crippen molar-refractivity contribution in [3.63, 3.8) is 0 Å². The number of halogens is 4. The second kappa shape index (κ2) is 6.85. The lowest BCUT2D eigenvalue weighted by molar-refractivity contribution is 0.406. The highest BCUT2D eigenvalue weighted by molar-refractivity contribution is 7.85. The molecule has 8 heteroatoms. The van der Waals surface area contributed by atoms with Gasteiger partial charge in [-0.1, -0.05) is 36.4 Å². The van der Waals surface area contributed by atoms with Gasteiger partial charge in [0.2, 0.25) is 0 Å². The lowest BCUT2D eigenvalue weighted by Crippen LogP contribution is -2.11. The van der Waals surface area contributed by atoms with Crippen LogP contribution in [0, 0.1) is 23.3 Å². The van der Waals surface area contributed by atoms with Gasteiger partial charge in [-0.25, -0.2) is 17.6 Å². The highest BCUT2D eigenvalue weighted by Crippen LogP contribution is 2.35. The molecule has 1 aliphatic carbocycles. The van der Waals surface area contributed by atoms with Gasteiger partial charge in [0.05, 0.1) is 5.56 Å².